The van der Waals surface area contributed by atoms with Gasteiger partial charge in [0.15, 0.2) is 5.78 Å². The molecular weight excluding hydrogens is 416 g/mol. The van der Waals surface area contributed by atoms with Crippen LogP contribution in [0.4, 0.5) is 0 Å². The molecule has 1 fully saturated rings. The number of quaternary nitrogens is 1. The lowest BCUT2D eigenvalue weighted by molar-refractivity contribution is -0.883. The van der Waals surface area contributed by atoms with Gasteiger partial charge in [0.25, 0.3) is 5.91 Å². The second-order valence-electron chi connectivity index (χ2n) is 10.2. The third kappa shape index (κ3) is 4.18. The smallest absolute Gasteiger partial charge is 0.257 e. The molecular formula is C27H33N2O4+. The third-order valence-electron chi connectivity index (χ3n) is 7.83. The van der Waals surface area contributed by atoms with Crippen LogP contribution < -0.4 is 0 Å². The molecule has 6 heteroatoms. The molecule has 0 spiro atoms. The molecule has 3 aliphatic heterocycles. The van der Waals surface area contributed by atoms with Crippen LogP contribution in [0.25, 0.3) is 0 Å². The first-order valence-corrected chi connectivity index (χ1v) is 12.1. The Balaban J connectivity index is 1.27. The SMILES string of the molecule is C[N+]12C=CCCC1C=CC(c1ccc(C(=O)N3CCC=C(C(=O)C4(O)CC4)CC3)c(O)c1)C2. The highest BCUT2D eigenvalue weighted by Gasteiger charge is 2.48. The summed E-state index contributed by atoms with van der Waals surface area (Å²) in [5.74, 6) is -0.214. The van der Waals surface area contributed by atoms with Crippen molar-refractivity contribution in [3.05, 3.63) is 65.4 Å². The van der Waals surface area contributed by atoms with Crippen molar-refractivity contribution in [3.63, 3.8) is 0 Å². The number of phenolic OH excluding ortho intramolecular Hbond substituents is 1. The zero-order valence-electron chi connectivity index (χ0n) is 19.2. The van der Waals surface area contributed by atoms with Crippen molar-refractivity contribution < 1.29 is 24.3 Å². The number of hydrogen-bond acceptors (Lipinski definition) is 4. The molecule has 174 valence electrons. The second kappa shape index (κ2) is 8.26. The maximum atomic E-state index is 13.2. The number of phenols is 1. The number of likely N-dealkylation sites (N-methyl/N-ethyl adjacent to an activating group) is 1. The van der Waals surface area contributed by atoms with Crippen molar-refractivity contribution in [1.82, 2.24) is 4.90 Å². The number of allylic oxidation sites excluding steroid dienone is 1. The van der Waals surface area contributed by atoms with Crippen LogP contribution in [0.2, 0.25) is 0 Å². The van der Waals surface area contributed by atoms with Crippen LogP contribution in [0.5, 0.6) is 5.75 Å². The largest absolute Gasteiger partial charge is 0.507 e. The van der Waals surface area contributed by atoms with E-state index in [9.17, 15) is 19.8 Å². The van der Waals surface area contributed by atoms with Gasteiger partial charge in [-0.15, -0.1) is 0 Å². The molecule has 5 rings (SSSR count). The second-order valence-corrected chi connectivity index (χ2v) is 10.2. The summed E-state index contributed by atoms with van der Waals surface area (Å²) in [5.41, 5.74) is 0.761. The molecule has 3 atom stereocenters. The highest BCUT2D eigenvalue weighted by atomic mass is 16.3. The Labute approximate surface area is 195 Å². The maximum Gasteiger partial charge on any atom is 0.257 e. The average molecular weight is 450 g/mol. The number of carbonyl (C=O) groups is 2. The van der Waals surface area contributed by atoms with Gasteiger partial charge in [-0.2, -0.15) is 0 Å². The Hall–Kier alpha value is -2.70. The van der Waals surface area contributed by atoms with Gasteiger partial charge in [-0.05, 0) is 67.5 Å². The van der Waals surface area contributed by atoms with E-state index in [0.717, 1.165) is 29.4 Å². The van der Waals surface area contributed by atoms with Crippen LogP contribution in [0.15, 0.2) is 54.3 Å². The molecule has 1 saturated carbocycles. The summed E-state index contributed by atoms with van der Waals surface area (Å²) in [4.78, 5) is 27.3. The summed E-state index contributed by atoms with van der Waals surface area (Å²) in [6, 6.07) is 5.93. The summed E-state index contributed by atoms with van der Waals surface area (Å²) >= 11 is 0. The fourth-order valence-electron chi connectivity index (χ4n) is 5.49. The molecule has 0 bridgehead atoms. The molecule has 1 aromatic rings. The minimum absolute atomic E-state index is 0.00524. The Morgan fingerprint density at radius 2 is 1.97 bits per heavy atom. The predicted molar refractivity (Wildman–Crippen MR) is 126 cm³/mol. The summed E-state index contributed by atoms with van der Waals surface area (Å²) < 4.78 is 0.875. The van der Waals surface area contributed by atoms with Crippen molar-refractivity contribution >= 4 is 11.7 Å². The Morgan fingerprint density at radius 1 is 1.15 bits per heavy atom. The van der Waals surface area contributed by atoms with E-state index in [4.69, 9.17) is 0 Å². The van der Waals surface area contributed by atoms with Crippen molar-refractivity contribution in [2.75, 3.05) is 26.7 Å². The number of Topliss-reactive ketones (excluding diaryl/α,β-unsaturated/α-hetero) is 1. The molecule has 0 saturated heterocycles. The summed E-state index contributed by atoms with van der Waals surface area (Å²) in [6.07, 6.45) is 15.3. The zero-order valence-corrected chi connectivity index (χ0v) is 19.2. The van der Waals surface area contributed by atoms with Crippen LogP contribution in [-0.4, -0.2) is 69.6 Å². The maximum absolute atomic E-state index is 13.2. The molecule has 33 heavy (non-hydrogen) atoms. The van der Waals surface area contributed by atoms with Gasteiger partial charge in [-0.3, -0.25) is 14.1 Å². The van der Waals surface area contributed by atoms with Crippen molar-refractivity contribution in [1.29, 1.82) is 0 Å². The molecule has 2 N–H and O–H groups in total. The number of hydrogen-bond donors (Lipinski definition) is 2. The summed E-state index contributed by atoms with van der Waals surface area (Å²) in [6.45, 7) is 1.83. The lowest BCUT2D eigenvalue weighted by Gasteiger charge is -2.43. The number of amides is 1. The van der Waals surface area contributed by atoms with Gasteiger partial charge in [0.2, 0.25) is 0 Å². The Morgan fingerprint density at radius 3 is 2.73 bits per heavy atom. The summed E-state index contributed by atoms with van der Waals surface area (Å²) in [7, 11) is 2.25. The number of aromatic hydroxyl groups is 1. The Bertz CT molecular complexity index is 1070. The normalized spacial score (nSPS) is 30.2. The number of carbonyl (C=O) groups excluding carboxylic acids is 2. The molecule has 1 aromatic carbocycles. The standard InChI is InChI=1S/C27H32N2O4/c1-29-16-3-2-6-22(29)9-7-21(18-29)20-8-10-23(24(30)17-20)26(32)28-14-4-5-19(11-15-28)25(31)27(33)12-13-27/h3,5,7-10,16-17,21-22,33H,2,4,6,11-15,18H2,1H3/p+1. The lowest BCUT2D eigenvalue weighted by atomic mass is 9.88. The average Bonchev–Trinajstić information content (AvgIpc) is 3.60. The van der Waals surface area contributed by atoms with Gasteiger partial charge in [0.05, 0.1) is 31.3 Å². The first-order valence-electron chi connectivity index (χ1n) is 12.1. The van der Waals surface area contributed by atoms with E-state index in [1.54, 1.807) is 17.0 Å². The molecule has 3 unspecified atom stereocenters. The van der Waals surface area contributed by atoms with E-state index < -0.39 is 5.60 Å². The topological polar surface area (TPSA) is 77.8 Å². The summed E-state index contributed by atoms with van der Waals surface area (Å²) in [5, 5.41) is 20.9. The lowest BCUT2D eigenvalue weighted by Crippen LogP contribution is -2.52. The van der Waals surface area contributed by atoms with E-state index in [0.29, 0.717) is 56.0 Å². The Kier molecular flexibility index (Phi) is 5.53. The molecule has 0 radical (unpaired) electrons. The number of ketones is 1. The van der Waals surface area contributed by atoms with Gasteiger partial charge in [-0.25, -0.2) is 0 Å². The van der Waals surface area contributed by atoms with E-state index in [1.165, 1.54) is 0 Å². The quantitative estimate of drug-likeness (QED) is 0.545. The molecule has 6 nitrogen and oxygen atoms in total. The third-order valence-corrected chi connectivity index (χ3v) is 7.83. The number of fused-ring (bicyclic) bond motifs is 1. The first kappa shape index (κ1) is 22.1. The number of rotatable bonds is 4. The van der Waals surface area contributed by atoms with Crippen molar-refractivity contribution in [2.45, 2.75) is 56.1 Å². The number of aliphatic hydroxyl groups is 1. The van der Waals surface area contributed by atoms with Crippen LogP contribution >= 0.6 is 0 Å². The number of nitrogens with zero attached hydrogens (tertiary/aromatic N) is 2. The van der Waals surface area contributed by atoms with E-state index in [-0.39, 0.29) is 23.4 Å². The highest BCUT2D eigenvalue weighted by molar-refractivity contribution is 6.04. The van der Waals surface area contributed by atoms with E-state index >= 15 is 0 Å². The van der Waals surface area contributed by atoms with Gasteiger partial charge in [0, 0.05) is 19.5 Å². The van der Waals surface area contributed by atoms with Crippen molar-refractivity contribution in [3.8, 4) is 5.75 Å². The predicted octanol–water partition coefficient (Wildman–Crippen LogP) is 3.42. The van der Waals surface area contributed by atoms with Crippen LogP contribution in [0, 0.1) is 0 Å². The van der Waals surface area contributed by atoms with Crippen molar-refractivity contribution in [2.24, 2.45) is 0 Å². The molecule has 1 aliphatic carbocycles. The van der Waals surface area contributed by atoms with Crippen LogP contribution in [0.1, 0.15) is 60.4 Å². The monoisotopic (exact) mass is 449 g/mol. The minimum Gasteiger partial charge on any atom is -0.507 e. The first-order chi connectivity index (χ1) is 15.8. The minimum atomic E-state index is -1.17. The van der Waals surface area contributed by atoms with Gasteiger partial charge < -0.3 is 15.1 Å². The van der Waals surface area contributed by atoms with E-state index in [1.807, 2.05) is 12.1 Å². The fourth-order valence-corrected chi connectivity index (χ4v) is 5.49. The molecule has 3 heterocycles. The van der Waals surface area contributed by atoms with Gasteiger partial charge in [-0.1, -0.05) is 18.2 Å². The van der Waals surface area contributed by atoms with E-state index in [2.05, 4.69) is 31.5 Å². The van der Waals surface area contributed by atoms with Crippen LogP contribution in [0.3, 0.4) is 0 Å². The van der Waals surface area contributed by atoms with Gasteiger partial charge >= 0.3 is 0 Å². The molecule has 4 aliphatic rings. The van der Waals surface area contributed by atoms with Gasteiger partial charge in [0.1, 0.15) is 17.4 Å². The van der Waals surface area contributed by atoms with Crippen LogP contribution in [-0.2, 0) is 4.79 Å². The highest BCUT2D eigenvalue weighted by Crippen LogP contribution is 2.39. The molecule has 1 amide bonds. The molecule has 0 aromatic heterocycles. The fraction of sp³-hybridized carbons (Fsp3) is 0.481. The zero-order chi connectivity index (χ0) is 23.2. The number of benzene rings is 1.